The van der Waals surface area contributed by atoms with E-state index in [1.807, 2.05) is 6.08 Å². The molecule has 0 aromatic heterocycles. The molecule has 0 spiro atoms. The maximum absolute atomic E-state index is 11.9. The van der Waals surface area contributed by atoms with Crippen molar-refractivity contribution in [2.45, 2.75) is 26.3 Å². The van der Waals surface area contributed by atoms with E-state index >= 15 is 0 Å². The van der Waals surface area contributed by atoms with Crippen LogP contribution in [0.15, 0.2) is 51.6 Å². The molecule has 1 aliphatic heterocycles. The molecule has 124 valence electrons. The molecule has 6 heteroatoms. The van der Waals surface area contributed by atoms with Crippen LogP contribution in [-0.2, 0) is 9.53 Å². The molecule has 0 saturated carbocycles. The maximum Gasteiger partial charge on any atom is 0.338 e. The second kappa shape index (κ2) is 8.06. The molecule has 1 heterocycles. The number of nitrogens with zero attached hydrogens (tertiary/aromatic N) is 2. The molecule has 0 fully saturated rings. The zero-order chi connectivity index (χ0) is 17.5. The number of aliphatic imine (C=N–C) groups is 1. The van der Waals surface area contributed by atoms with E-state index in [-0.39, 0.29) is 0 Å². The molecule has 0 aromatic rings. The number of rotatable bonds is 4. The van der Waals surface area contributed by atoms with Crippen LogP contribution in [0, 0.1) is 22.0 Å². The van der Waals surface area contributed by atoms with Crippen LogP contribution in [0.3, 0.4) is 0 Å². The van der Waals surface area contributed by atoms with Crippen molar-refractivity contribution in [2.24, 2.45) is 4.99 Å². The van der Waals surface area contributed by atoms with Gasteiger partial charge in [-0.2, -0.15) is 0 Å². The van der Waals surface area contributed by atoms with Gasteiger partial charge in [0.1, 0.15) is 0 Å². The molecule has 1 atom stereocenters. The molecular formula is C18H18N2O4. The van der Waals surface area contributed by atoms with Crippen molar-refractivity contribution in [3.05, 3.63) is 56.7 Å². The Hall–Kier alpha value is -2.94. The number of carbonyl (C=O) groups is 1. The molecule has 0 amide bonds. The van der Waals surface area contributed by atoms with E-state index in [1.54, 1.807) is 38.3 Å². The van der Waals surface area contributed by atoms with Crippen molar-refractivity contribution >= 4 is 12.2 Å². The van der Waals surface area contributed by atoms with E-state index < -0.39 is 16.9 Å². The van der Waals surface area contributed by atoms with Crippen LogP contribution in [0.5, 0.6) is 0 Å². The smallest absolute Gasteiger partial charge is 0.338 e. The topological polar surface area (TPSA) is 81.8 Å². The van der Waals surface area contributed by atoms with Crippen molar-refractivity contribution in [1.82, 2.24) is 0 Å². The third-order valence-electron chi connectivity index (χ3n) is 3.58. The quantitative estimate of drug-likeness (QED) is 0.344. The summed E-state index contributed by atoms with van der Waals surface area (Å²) in [4.78, 5) is 26.8. The number of hydrogen-bond donors (Lipinski definition) is 0. The Morgan fingerprint density at radius 1 is 1.42 bits per heavy atom. The fraction of sp³-hybridized carbons (Fsp3) is 0.333. The van der Waals surface area contributed by atoms with E-state index in [0.717, 1.165) is 11.1 Å². The summed E-state index contributed by atoms with van der Waals surface area (Å²) in [5.74, 6) is 5.13. The number of esters is 1. The second-order valence-corrected chi connectivity index (χ2v) is 5.29. The van der Waals surface area contributed by atoms with Gasteiger partial charge >= 0.3 is 5.97 Å². The highest BCUT2D eigenvalue weighted by Crippen LogP contribution is 2.21. The van der Waals surface area contributed by atoms with Gasteiger partial charge in [0.05, 0.1) is 18.7 Å². The van der Waals surface area contributed by atoms with Gasteiger partial charge in [-0.15, -0.1) is 0 Å². The number of allylic oxidation sites excluding steroid dienone is 3. The Kier molecular flexibility index (Phi) is 5.85. The molecule has 1 unspecified atom stereocenters. The first-order chi connectivity index (χ1) is 11.5. The monoisotopic (exact) mass is 326 g/mol. The number of carbonyl (C=O) groups excluding carboxylic acids is 1. The minimum Gasteiger partial charge on any atom is -0.462 e. The molecule has 0 aromatic carbocycles. The minimum atomic E-state index is -0.973. The van der Waals surface area contributed by atoms with Crippen molar-refractivity contribution in [2.75, 3.05) is 13.2 Å². The summed E-state index contributed by atoms with van der Waals surface area (Å²) in [6.07, 6.45) is 8.83. The van der Waals surface area contributed by atoms with Gasteiger partial charge in [-0.3, -0.25) is 15.1 Å². The molecule has 2 rings (SSSR count). The highest BCUT2D eigenvalue weighted by atomic mass is 16.6. The SMILES string of the molecule is CCOC(=O)C1=CC=NCC(/C2=C/C=C(/C)C([N+](=O)[O-])C#CC2)=C1. The summed E-state index contributed by atoms with van der Waals surface area (Å²) >= 11 is 0. The highest BCUT2D eigenvalue weighted by molar-refractivity contribution is 5.97. The first kappa shape index (κ1) is 17.4. The summed E-state index contributed by atoms with van der Waals surface area (Å²) < 4.78 is 5.03. The largest absolute Gasteiger partial charge is 0.462 e. The molecular weight excluding hydrogens is 308 g/mol. The molecule has 0 radical (unpaired) electrons. The van der Waals surface area contributed by atoms with Gasteiger partial charge < -0.3 is 4.74 Å². The molecule has 6 nitrogen and oxygen atoms in total. The van der Waals surface area contributed by atoms with E-state index in [2.05, 4.69) is 16.8 Å². The minimum absolute atomic E-state index is 0.300. The summed E-state index contributed by atoms with van der Waals surface area (Å²) in [6.45, 7) is 4.15. The fourth-order valence-corrected chi connectivity index (χ4v) is 2.28. The predicted molar refractivity (Wildman–Crippen MR) is 91.2 cm³/mol. The van der Waals surface area contributed by atoms with Gasteiger partial charge in [-0.05, 0) is 43.1 Å². The Morgan fingerprint density at radius 2 is 2.21 bits per heavy atom. The Bertz CT molecular complexity index is 758. The van der Waals surface area contributed by atoms with Crippen LogP contribution in [0.4, 0.5) is 0 Å². The molecule has 2 aliphatic rings. The van der Waals surface area contributed by atoms with Crippen LogP contribution in [0.2, 0.25) is 0 Å². The lowest BCUT2D eigenvalue weighted by Gasteiger charge is -2.10. The van der Waals surface area contributed by atoms with Gasteiger partial charge in [-0.1, -0.05) is 18.1 Å². The average Bonchev–Trinajstić information content (AvgIpc) is 2.77. The summed E-state index contributed by atoms with van der Waals surface area (Å²) in [5, 5.41) is 11.0. The van der Waals surface area contributed by atoms with Crippen LogP contribution in [-0.4, -0.2) is 36.3 Å². The summed E-state index contributed by atoms with van der Waals surface area (Å²) in [6, 6.07) is -0.973. The lowest BCUT2D eigenvalue weighted by molar-refractivity contribution is -0.496. The van der Waals surface area contributed by atoms with Crippen LogP contribution in [0.25, 0.3) is 0 Å². The predicted octanol–water partition coefficient (Wildman–Crippen LogP) is 2.41. The Morgan fingerprint density at radius 3 is 2.92 bits per heavy atom. The lowest BCUT2D eigenvalue weighted by Crippen LogP contribution is -2.19. The fourth-order valence-electron chi connectivity index (χ4n) is 2.28. The number of nitro groups is 1. The number of ether oxygens (including phenoxy) is 1. The van der Waals surface area contributed by atoms with Gasteiger partial charge in [0.2, 0.25) is 0 Å². The van der Waals surface area contributed by atoms with Crippen molar-refractivity contribution < 1.29 is 14.5 Å². The molecule has 0 N–H and O–H groups in total. The van der Waals surface area contributed by atoms with E-state index in [1.165, 1.54) is 0 Å². The molecule has 0 saturated heterocycles. The standard InChI is InChI=1S/C18H18N2O4/c1-3-24-18(21)15-9-10-19-12-16(11-15)14-5-4-6-17(20(22)23)13(2)7-8-14/h7-11,17H,3,5,12H2,1-2H3/b13-7-,14-8+. The lowest BCUT2D eigenvalue weighted by atomic mass is 9.97. The van der Waals surface area contributed by atoms with Crippen LogP contribution in [0.1, 0.15) is 20.3 Å². The summed E-state index contributed by atoms with van der Waals surface area (Å²) in [7, 11) is 0. The second-order valence-electron chi connectivity index (χ2n) is 5.29. The van der Waals surface area contributed by atoms with E-state index in [9.17, 15) is 14.9 Å². The Balaban J connectivity index is 2.32. The molecule has 0 bridgehead atoms. The molecule has 24 heavy (non-hydrogen) atoms. The van der Waals surface area contributed by atoms with Gasteiger partial charge in [0.25, 0.3) is 6.04 Å². The zero-order valence-electron chi connectivity index (χ0n) is 13.6. The van der Waals surface area contributed by atoms with Gasteiger partial charge in [0, 0.05) is 23.1 Å². The third-order valence-corrected chi connectivity index (χ3v) is 3.58. The van der Waals surface area contributed by atoms with Gasteiger partial charge in [0.15, 0.2) is 0 Å². The zero-order valence-corrected chi connectivity index (χ0v) is 13.6. The first-order valence-corrected chi connectivity index (χ1v) is 7.60. The highest BCUT2D eigenvalue weighted by Gasteiger charge is 2.20. The van der Waals surface area contributed by atoms with Crippen LogP contribution >= 0.6 is 0 Å². The normalized spacial score (nSPS) is 24.3. The van der Waals surface area contributed by atoms with Crippen molar-refractivity contribution in [3.8, 4) is 11.8 Å². The van der Waals surface area contributed by atoms with Crippen LogP contribution < -0.4 is 0 Å². The summed E-state index contributed by atoms with van der Waals surface area (Å²) in [5.41, 5.74) is 2.73. The van der Waals surface area contributed by atoms with E-state index in [4.69, 9.17) is 4.74 Å². The average molecular weight is 326 g/mol. The maximum atomic E-state index is 11.9. The van der Waals surface area contributed by atoms with Crippen molar-refractivity contribution in [1.29, 1.82) is 0 Å². The van der Waals surface area contributed by atoms with E-state index in [0.29, 0.717) is 30.7 Å². The molecule has 1 aliphatic carbocycles. The number of hydrogen-bond acceptors (Lipinski definition) is 5. The Labute approximate surface area is 140 Å². The third kappa shape index (κ3) is 4.29. The van der Waals surface area contributed by atoms with Gasteiger partial charge in [-0.25, -0.2) is 4.79 Å². The van der Waals surface area contributed by atoms with Crippen molar-refractivity contribution in [3.63, 3.8) is 0 Å². The first-order valence-electron chi connectivity index (χ1n) is 7.60.